The van der Waals surface area contributed by atoms with Gasteiger partial charge in [0, 0.05) is 25.7 Å². The Morgan fingerprint density at radius 1 is 1.28 bits per heavy atom. The third kappa shape index (κ3) is 4.45. The summed E-state index contributed by atoms with van der Waals surface area (Å²) in [4.78, 5) is 22.5. The maximum absolute atomic E-state index is 12.5. The molecule has 7 nitrogen and oxygen atoms in total. The van der Waals surface area contributed by atoms with Crippen LogP contribution in [-0.4, -0.2) is 60.7 Å². The SMILES string of the molecule is COc1ccccc1CCNc1cc(C(=O)N2CCOCC2)ncn1. The molecule has 1 saturated heterocycles. The van der Waals surface area contributed by atoms with Crippen molar-refractivity contribution in [3.63, 3.8) is 0 Å². The number of para-hydroxylation sites is 1. The molecule has 7 heteroatoms. The van der Waals surface area contributed by atoms with E-state index in [0.29, 0.717) is 44.4 Å². The number of ether oxygens (including phenoxy) is 2. The maximum atomic E-state index is 12.5. The number of carbonyl (C=O) groups excluding carboxylic acids is 1. The van der Waals surface area contributed by atoms with Crippen molar-refractivity contribution in [1.29, 1.82) is 0 Å². The second-order valence-electron chi connectivity index (χ2n) is 5.68. The summed E-state index contributed by atoms with van der Waals surface area (Å²) >= 11 is 0. The van der Waals surface area contributed by atoms with Gasteiger partial charge < -0.3 is 19.7 Å². The summed E-state index contributed by atoms with van der Waals surface area (Å²) in [6.45, 7) is 3.02. The van der Waals surface area contributed by atoms with Gasteiger partial charge in [-0.2, -0.15) is 0 Å². The van der Waals surface area contributed by atoms with Gasteiger partial charge in [-0.15, -0.1) is 0 Å². The van der Waals surface area contributed by atoms with Crippen LogP contribution < -0.4 is 10.1 Å². The Labute approximate surface area is 147 Å². The zero-order chi connectivity index (χ0) is 17.5. The van der Waals surface area contributed by atoms with Crippen molar-refractivity contribution in [2.24, 2.45) is 0 Å². The number of hydrogen-bond acceptors (Lipinski definition) is 6. The van der Waals surface area contributed by atoms with Crippen LogP contribution >= 0.6 is 0 Å². The summed E-state index contributed by atoms with van der Waals surface area (Å²) < 4.78 is 10.6. The third-order valence-corrected chi connectivity index (χ3v) is 4.08. The third-order valence-electron chi connectivity index (χ3n) is 4.08. The summed E-state index contributed by atoms with van der Waals surface area (Å²) in [6, 6.07) is 9.61. The Hall–Kier alpha value is -2.67. The van der Waals surface area contributed by atoms with E-state index in [1.807, 2.05) is 24.3 Å². The molecule has 0 unspecified atom stereocenters. The fourth-order valence-corrected chi connectivity index (χ4v) is 2.73. The van der Waals surface area contributed by atoms with E-state index in [2.05, 4.69) is 15.3 Å². The molecule has 1 aliphatic rings. The molecular formula is C18H22N4O3. The van der Waals surface area contributed by atoms with E-state index in [-0.39, 0.29) is 5.91 Å². The van der Waals surface area contributed by atoms with E-state index in [4.69, 9.17) is 9.47 Å². The summed E-state index contributed by atoms with van der Waals surface area (Å²) in [5.74, 6) is 1.43. The highest BCUT2D eigenvalue weighted by molar-refractivity contribution is 5.92. The number of amides is 1. The number of carbonyl (C=O) groups is 1. The first-order valence-corrected chi connectivity index (χ1v) is 8.33. The average molecular weight is 342 g/mol. The predicted molar refractivity (Wildman–Crippen MR) is 93.9 cm³/mol. The minimum absolute atomic E-state index is 0.0847. The lowest BCUT2D eigenvalue weighted by Gasteiger charge is -2.26. The normalized spacial score (nSPS) is 14.2. The zero-order valence-electron chi connectivity index (χ0n) is 14.3. The number of nitrogens with one attached hydrogen (secondary N) is 1. The minimum Gasteiger partial charge on any atom is -0.496 e. The second kappa shape index (κ2) is 8.43. The number of hydrogen-bond donors (Lipinski definition) is 1. The van der Waals surface area contributed by atoms with Gasteiger partial charge >= 0.3 is 0 Å². The van der Waals surface area contributed by atoms with Gasteiger partial charge in [-0.25, -0.2) is 9.97 Å². The minimum atomic E-state index is -0.0847. The van der Waals surface area contributed by atoms with Gasteiger partial charge in [-0.1, -0.05) is 18.2 Å². The molecule has 3 rings (SSSR count). The standard InChI is InChI=1S/C18H22N4O3/c1-24-16-5-3-2-4-14(16)6-7-19-17-12-15(20-13-21-17)18(23)22-8-10-25-11-9-22/h2-5,12-13H,6-11H2,1H3,(H,19,20,21). The molecule has 2 heterocycles. The molecular weight excluding hydrogens is 320 g/mol. The van der Waals surface area contributed by atoms with Crippen LogP contribution in [-0.2, 0) is 11.2 Å². The lowest BCUT2D eigenvalue weighted by Crippen LogP contribution is -2.41. The summed E-state index contributed by atoms with van der Waals surface area (Å²) in [7, 11) is 1.67. The molecule has 1 fully saturated rings. The van der Waals surface area contributed by atoms with Gasteiger partial charge in [-0.05, 0) is 18.1 Å². The molecule has 1 aromatic carbocycles. The number of nitrogens with zero attached hydrogens (tertiary/aromatic N) is 3. The van der Waals surface area contributed by atoms with E-state index in [9.17, 15) is 4.79 Å². The largest absolute Gasteiger partial charge is 0.496 e. The van der Waals surface area contributed by atoms with Crippen LogP contribution in [0.3, 0.4) is 0 Å². The van der Waals surface area contributed by atoms with Crippen molar-refractivity contribution in [3.05, 3.63) is 47.9 Å². The van der Waals surface area contributed by atoms with Crippen LogP contribution in [0, 0.1) is 0 Å². The van der Waals surface area contributed by atoms with Crippen LogP contribution in [0.5, 0.6) is 5.75 Å². The predicted octanol–water partition coefficient (Wildman–Crippen LogP) is 1.61. The quantitative estimate of drug-likeness (QED) is 0.859. The Morgan fingerprint density at radius 3 is 2.88 bits per heavy atom. The van der Waals surface area contributed by atoms with Crippen LogP contribution in [0.2, 0.25) is 0 Å². The van der Waals surface area contributed by atoms with Crippen LogP contribution in [0.15, 0.2) is 36.7 Å². The molecule has 25 heavy (non-hydrogen) atoms. The van der Waals surface area contributed by atoms with Crippen molar-refractivity contribution in [2.45, 2.75) is 6.42 Å². The summed E-state index contributed by atoms with van der Waals surface area (Å²) in [5.41, 5.74) is 1.52. The number of aromatic nitrogens is 2. The molecule has 1 aromatic heterocycles. The van der Waals surface area contributed by atoms with E-state index < -0.39 is 0 Å². The fourth-order valence-electron chi connectivity index (χ4n) is 2.73. The molecule has 0 radical (unpaired) electrons. The number of methoxy groups -OCH3 is 1. The molecule has 0 spiro atoms. The van der Waals surface area contributed by atoms with Crippen molar-refractivity contribution >= 4 is 11.7 Å². The van der Waals surface area contributed by atoms with Crippen molar-refractivity contribution < 1.29 is 14.3 Å². The highest BCUT2D eigenvalue weighted by atomic mass is 16.5. The highest BCUT2D eigenvalue weighted by Crippen LogP contribution is 2.18. The molecule has 1 N–H and O–H groups in total. The Morgan fingerprint density at radius 2 is 2.08 bits per heavy atom. The van der Waals surface area contributed by atoms with E-state index in [1.165, 1.54) is 6.33 Å². The zero-order valence-corrected chi connectivity index (χ0v) is 14.3. The first kappa shape index (κ1) is 17.2. The maximum Gasteiger partial charge on any atom is 0.272 e. The van der Waals surface area contributed by atoms with Gasteiger partial charge in [0.15, 0.2) is 0 Å². The summed E-state index contributed by atoms with van der Waals surface area (Å²) in [6.07, 6.45) is 2.21. The van der Waals surface area contributed by atoms with Crippen molar-refractivity contribution in [3.8, 4) is 5.75 Å². The average Bonchev–Trinajstić information content (AvgIpc) is 2.69. The van der Waals surface area contributed by atoms with E-state index >= 15 is 0 Å². The molecule has 0 aliphatic carbocycles. The Balaban J connectivity index is 1.59. The lowest BCUT2D eigenvalue weighted by molar-refractivity contribution is 0.0299. The second-order valence-corrected chi connectivity index (χ2v) is 5.68. The molecule has 2 aromatic rings. The highest BCUT2D eigenvalue weighted by Gasteiger charge is 2.20. The van der Waals surface area contributed by atoms with Crippen LogP contribution in [0.25, 0.3) is 0 Å². The number of benzene rings is 1. The number of rotatable bonds is 6. The molecule has 1 aliphatic heterocycles. The molecule has 0 atom stereocenters. The van der Waals surface area contributed by atoms with Gasteiger partial charge in [0.05, 0.1) is 20.3 Å². The first-order chi connectivity index (χ1) is 12.3. The van der Waals surface area contributed by atoms with E-state index in [0.717, 1.165) is 17.7 Å². The first-order valence-electron chi connectivity index (χ1n) is 8.33. The van der Waals surface area contributed by atoms with Gasteiger partial charge in [-0.3, -0.25) is 4.79 Å². The molecule has 0 bridgehead atoms. The smallest absolute Gasteiger partial charge is 0.272 e. The molecule has 132 valence electrons. The van der Waals surface area contributed by atoms with E-state index in [1.54, 1.807) is 18.1 Å². The monoisotopic (exact) mass is 342 g/mol. The number of morpholine rings is 1. The van der Waals surface area contributed by atoms with Gasteiger partial charge in [0.2, 0.25) is 0 Å². The van der Waals surface area contributed by atoms with Gasteiger partial charge in [0.1, 0.15) is 23.6 Å². The Kier molecular flexibility index (Phi) is 5.79. The van der Waals surface area contributed by atoms with Crippen molar-refractivity contribution in [1.82, 2.24) is 14.9 Å². The van der Waals surface area contributed by atoms with Crippen molar-refractivity contribution in [2.75, 3.05) is 45.3 Å². The van der Waals surface area contributed by atoms with Gasteiger partial charge in [0.25, 0.3) is 5.91 Å². The number of anilines is 1. The summed E-state index contributed by atoms with van der Waals surface area (Å²) in [5, 5.41) is 3.24. The van der Waals surface area contributed by atoms with Crippen LogP contribution in [0.1, 0.15) is 16.1 Å². The molecule has 0 saturated carbocycles. The molecule has 1 amide bonds. The lowest BCUT2D eigenvalue weighted by atomic mass is 10.1. The fraction of sp³-hybridized carbons (Fsp3) is 0.389. The topological polar surface area (TPSA) is 76.6 Å². The Bertz CT molecular complexity index is 717. The van der Waals surface area contributed by atoms with Crippen LogP contribution in [0.4, 0.5) is 5.82 Å².